The molecule has 94 valence electrons. The zero-order valence-corrected chi connectivity index (χ0v) is 11.3. The van der Waals surface area contributed by atoms with Gasteiger partial charge in [0.05, 0.1) is 11.0 Å². The van der Waals surface area contributed by atoms with E-state index in [2.05, 4.69) is 5.32 Å². The smallest absolute Gasteiger partial charge is 0.156 e. The van der Waals surface area contributed by atoms with Crippen LogP contribution in [0, 0.1) is 0 Å². The van der Waals surface area contributed by atoms with Gasteiger partial charge < -0.3 is 5.32 Å². The summed E-state index contributed by atoms with van der Waals surface area (Å²) in [5, 5.41) is 3.06. The van der Waals surface area contributed by atoms with Gasteiger partial charge in [0.1, 0.15) is 0 Å². The molecule has 3 nitrogen and oxygen atoms in total. The first-order valence-electron chi connectivity index (χ1n) is 5.86. The van der Waals surface area contributed by atoms with E-state index in [-0.39, 0.29) is 22.6 Å². The van der Waals surface area contributed by atoms with Gasteiger partial charge in [0.2, 0.25) is 0 Å². The maximum Gasteiger partial charge on any atom is 0.156 e. The summed E-state index contributed by atoms with van der Waals surface area (Å²) in [6.07, 6.45) is 0. The van der Waals surface area contributed by atoms with E-state index in [0.29, 0.717) is 0 Å². The first kappa shape index (κ1) is 12.6. The molecule has 1 saturated heterocycles. The van der Waals surface area contributed by atoms with Crippen LogP contribution in [0.2, 0.25) is 0 Å². The predicted octanol–water partition coefficient (Wildman–Crippen LogP) is 1.91. The molecule has 1 N–H and O–H groups in total. The highest BCUT2D eigenvalue weighted by atomic mass is 32.2. The van der Waals surface area contributed by atoms with Gasteiger partial charge in [-0.2, -0.15) is 0 Å². The van der Waals surface area contributed by atoms with E-state index in [1.165, 1.54) is 0 Å². The van der Waals surface area contributed by atoms with Crippen LogP contribution in [0.15, 0.2) is 30.3 Å². The zero-order valence-electron chi connectivity index (χ0n) is 10.5. The quantitative estimate of drug-likeness (QED) is 0.831. The van der Waals surface area contributed by atoms with Crippen molar-refractivity contribution in [3.8, 4) is 0 Å². The summed E-state index contributed by atoms with van der Waals surface area (Å²) < 4.78 is 24.3. The molecule has 1 heterocycles. The molecule has 0 saturated carbocycles. The van der Waals surface area contributed by atoms with Crippen molar-refractivity contribution in [3.05, 3.63) is 35.9 Å². The van der Waals surface area contributed by atoms with Gasteiger partial charge in [-0.3, -0.25) is 0 Å². The minimum Gasteiger partial charge on any atom is -0.303 e. The Morgan fingerprint density at radius 2 is 1.82 bits per heavy atom. The predicted molar refractivity (Wildman–Crippen MR) is 69.6 cm³/mol. The van der Waals surface area contributed by atoms with E-state index >= 15 is 0 Å². The first-order chi connectivity index (χ1) is 7.82. The summed E-state index contributed by atoms with van der Waals surface area (Å²) in [5.41, 5.74) is 0.669. The Morgan fingerprint density at radius 1 is 1.24 bits per heavy atom. The van der Waals surface area contributed by atoms with E-state index in [4.69, 9.17) is 0 Å². The van der Waals surface area contributed by atoms with Crippen molar-refractivity contribution in [1.29, 1.82) is 0 Å². The fourth-order valence-electron chi connectivity index (χ4n) is 2.44. The number of benzene rings is 1. The van der Waals surface area contributed by atoms with Crippen molar-refractivity contribution in [2.45, 2.75) is 37.6 Å². The summed E-state index contributed by atoms with van der Waals surface area (Å²) in [5.74, 6) is 0.199. The van der Waals surface area contributed by atoms with Gasteiger partial charge in [-0.15, -0.1) is 0 Å². The number of hydrogen-bond donors (Lipinski definition) is 1. The highest BCUT2D eigenvalue weighted by Gasteiger charge is 2.42. The van der Waals surface area contributed by atoms with Crippen LogP contribution in [0.4, 0.5) is 0 Å². The molecule has 0 spiro atoms. The van der Waals surface area contributed by atoms with Gasteiger partial charge in [0.15, 0.2) is 9.84 Å². The van der Waals surface area contributed by atoms with Crippen LogP contribution < -0.4 is 5.32 Å². The van der Waals surface area contributed by atoms with Crippen LogP contribution in [0.5, 0.6) is 0 Å². The van der Waals surface area contributed by atoms with Crippen molar-refractivity contribution in [2.75, 3.05) is 5.75 Å². The number of hydrogen-bond acceptors (Lipinski definition) is 3. The van der Waals surface area contributed by atoms with Crippen LogP contribution in [0.25, 0.3) is 0 Å². The van der Waals surface area contributed by atoms with Crippen LogP contribution in [0.1, 0.15) is 32.4 Å². The molecule has 0 aliphatic carbocycles. The SMILES string of the molecule is CC1C(c2ccccc2)NC(C)(C)CS1(=O)=O. The van der Waals surface area contributed by atoms with Gasteiger partial charge in [-0.1, -0.05) is 30.3 Å². The second-order valence-electron chi connectivity index (χ2n) is 5.43. The van der Waals surface area contributed by atoms with Gasteiger partial charge in [-0.25, -0.2) is 8.42 Å². The van der Waals surface area contributed by atoms with Gasteiger partial charge in [0.25, 0.3) is 0 Å². The van der Waals surface area contributed by atoms with E-state index in [9.17, 15) is 8.42 Å². The molecule has 2 atom stereocenters. The van der Waals surface area contributed by atoms with Crippen LogP contribution >= 0.6 is 0 Å². The molecular weight excluding hydrogens is 234 g/mol. The molecule has 1 aromatic rings. The summed E-state index contributed by atoms with van der Waals surface area (Å²) in [4.78, 5) is 0. The Hall–Kier alpha value is -0.870. The Kier molecular flexibility index (Phi) is 3.04. The average Bonchev–Trinajstić information content (AvgIpc) is 2.23. The number of sulfone groups is 1. The molecule has 1 aromatic carbocycles. The van der Waals surface area contributed by atoms with Crippen LogP contribution in [-0.2, 0) is 9.84 Å². The largest absolute Gasteiger partial charge is 0.303 e. The lowest BCUT2D eigenvalue weighted by atomic mass is 9.99. The topological polar surface area (TPSA) is 46.2 Å². The minimum atomic E-state index is -3.03. The molecular formula is C13H19NO2S. The number of rotatable bonds is 1. The Morgan fingerprint density at radius 3 is 2.41 bits per heavy atom. The molecule has 4 heteroatoms. The van der Waals surface area contributed by atoms with E-state index < -0.39 is 9.84 Å². The van der Waals surface area contributed by atoms with Gasteiger partial charge >= 0.3 is 0 Å². The molecule has 2 rings (SSSR count). The standard InChI is InChI=1S/C13H19NO2S/c1-10-12(11-7-5-4-6-8-11)14-13(2,3)9-17(10,15)16/h4-8,10,12,14H,9H2,1-3H3. The van der Waals surface area contributed by atoms with Crippen LogP contribution in [-0.4, -0.2) is 25.0 Å². The summed E-state index contributed by atoms with van der Waals surface area (Å²) in [6, 6.07) is 9.66. The highest BCUT2D eigenvalue weighted by molar-refractivity contribution is 7.92. The normalized spacial score (nSPS) is 31.0. The zero-order chi connectivity index (χ0) is 12.7. The monoisotopic (exact) mass is 253 g/mol. The molecule has 1 aliphatic rings. The third kappa shape index (κ3) is 2.53. The molecule has 0 radical (unpaired) electrons. The second kappa shape index (κ2) is 4.10. The average molecular weight is 253 g/mol. The molecule has 0 bridgehead atoms. The van der Waals surface area contributed by atoms with E-state index in [1.54, 1.807) is 6.92 Å². The van der Waals surface area contributed by atoms with Crippen molar-refractivity contribution in [1.82, 2.24) is 5.32 Å². The summed E-state index contributed by atoms with van der Waals surface area (Å²) >= 11 is 0. The fraction of sp³-hybridized carbons (Fsp3) is 0.538. The third-order valence-corrected chi connectivity index (χ3v) is 5.83. The molecule has 1 aliphatic heterocycles. The van der Waals surface area contributed by atoms with Crippen molar-refractivity contribution in [2.24, 2.45) is 0 Å². The third-order valence-electron chi connectivity index (χ3n) is 3.30. The first-order valence-corrected chi connectivity index (χ1v) is 7.58. The van der Waals surface area contributed by atoms with Gasteiger partial charge in [0, 0.05) is 11.6 Å². The van der Waals surface area contributed by atoms with Crippen molar-refractivity contribution >= 4 is 9.84 Å². The lowest BCUT2D eigenvalue weighted by molar-refractivity contribution is 0.334. The Bertz CT molecular complexity index is 493. The second-order valence-corrected chi connectivity index (χ2v) is 7.79. The number of nitrogens with one attached hydrogen (secondary N) is 1. The maximum absolute atomic E-state index is 12.1. The molecule has 2 unspecified atom stereocenters. The lowest BCUT2D eigenvalue weighted by Crippen LogP contribution is -2.57. The summed E-state index contributed by atoms with van der Waals surface area (Å²) in [6.45, 7) is 5.66. The van der Waals surface area contributed by atoms with Crippen LogP contribution in [0.3, 0.4) is 0 Å². The van der Waals surface area contributed by atoms with Crippen molar-refractivity contribution in [3.63, 3.8) is 0 Å². The van der Waals surface area contributed by atoms with Gasteiger partial charge in [-0.05, 0) is 26.3 Å². The molecule has 0 aromatic heterocycles. The molecule has 17 heavy (non-hydrogen) atoms. The minimum absolute atomic E-state index is 0.120. The highest BCUT2D eigenvalue weighted by Crippen LogP contribution is 2.31. The lowest BCUT2D eigenvalue weighted by Gasteiger charge is -2.40. The summed E-state index contributed by atoms with van der Waals surface area (Å²) in [7, 11) is -3.03. The van der Waals surface area contributed by atoms with Crippen molar-refractivity contribution < 1.29 is 8.42 Å². The Labute approximate surface area is 103 Å². The van der Waals surface area contributed by atoms with E-state index in [0.717, 1.165) is 5.56 Å². The fourth-order valence-corrected chi connectivity index (χ4v) is 4.43. The van der Waals surface area contributed by atoms with E-state index in [1.807, 2.05) is 44.2 Å². The molecule has 0 amide bonds. The Balaban J connectivity index is 2.40. The maximum atomic E-state index is 12.1. The molecule has 1 fully saturated rings.